The number of hydrogen-bond donors (Lipinski definition) is 2. The number of ether oxygens (including phenoxy) is 4. The summed E-state index contributed by atoms with van der Waals surface area (Å²) in [4.78, 5) is 21.7. The van der Waals surface area contributed by atoms with Crippen molar-refractivity contribution in [2.45, 2.75) is 38.5 Å². The van der Waals surface area contributed by atoms with Crippen molar-refractivity contribution in [1.29, 1.82) is 0 Å². The topological polar surface area (TPSA) is 135 Å². The van der Waals surface area contributed by atoms with Crippen molar-refractivity contribution in [3.8, 4) is 11.8 Å². The van der Waals surface area contributed by atoms with Crippen LogP contribution in [0.2, 0.25) is 0 Å². The van der Waals surface area contributed by atoms with Gasteiger partial charge in [-0.25, -0.2) is 9.97 Å². The highest BCUT2D eigenvalue weighted by Gasteiger charge is 2.38. The Balaban J connectivity index is 0.000000161. The van der Waals surface area contributed by atoms with Gasteiger partial charge in [0.25, 0.3) is 0 Å². The van der Waals surface area contributed by atoms with Crippen molar-refractivity contribution < 1.29 is 29.2 Å². The van der Waals surface area contributed by atoms with E-state index in [9.17, 15) is 10.2 Å². The van der Waals surface area contributed by atoms with Crippen molar-refractivity contribution in [2.75, 3.05) is 88.8 Å². The average molecular weight is 559 g/mol. The van der Waals surface area contributed by atoms with Crippen LogP contribution in [0.3, 0.4) is 0 Å². The molecule has 2 saturated heterocycles. The molecule has 2 aromatic rings. The summed E-state index contributed by atoms with van der Waals surface area (Å²) in [6.45, 7) is 7.52. The molecule has 2 N–H and O–H groups in total. The monoisotopic (exact) mass is 558 g/mol. The summed E-state index contributed by atoms with van der Waals surface area (Å²) >= 11 is 0. The second kappa shape index (κ2) is 13.7. The van der Waals surface area contributed by atoms with Gasteiger partial charge in [0.1, 0.15) is 0 Å². The Bertz CT molecular complexity index is 963. The molecule has 4 aliphatic rings. The number of aliphatic hydroxyl groups excluding tert-OH is 2. The first kappa shape index (κ1) is 28.7. The van der Waals surface area contributed by atoms with Crippen LogP contribution >= 0.6 is 0 Å². The maximum atomic E-state index is 9.44. The lowest BCUT2D eigenvalue weighted by Crippen LogP contribution is -2.39. The lowest BCUT2D eigenvalue weighted by Gasteiger charge is -2.39. The zero-order chi connectivity index (χ0) is 27.7. The van der Waals surface area contributed by atoms with Gasteiger partial charge in [0.2, 0.25) is 23.7 Å². The lowest BCUT2D eigenvalue weighted by molar-refractivity contribution is -0.00134. The van der Waals surface area contributed by atoms with E-state index in [2.05, 4.69) is 29.7 Å². The van der Waals surface area contributed by atoms with Crippen LogP contribution in [0.4, 0.5) is 11.9 Å². The van der Waals surface area contributed by atoms with Crippen molar-refractivity contribution in [3.63, 3.8) is 0 Å². The van der Waals surface area contributed by atoms with Gasteiger partial charge in [0.15, 0.2) is 0 Å². The smallest absolute Gasteiger partial charge is 0.228 e. The molecule has 2 saturated carbocycles. The predicted molar refractivity (Wildman–Crippen MR) is 148 cm³/mol. The largest absolute Gasteiger partial charge is 0.477 e. The summed E-state index contributed by atoms with van der Waals surface area (Å²) in [5.74, 6) is 2.55. The molecule has 220 valence electrons. The molecule has 2 aliphatic heterocycles. The molecule has 0 unspecified atom stereocenters. The summed E-state index contributed by atoms with van der Waals surface area (Å²) in [5.41, 5.74) is -0.103. The van der Waals surface area contributed by atoms with Gasteiger partial charge in [-0.1, -0.05) is 12.8 Å². The van der Waals surface area contributed by atoms with Gasteiger partial charge >= 0.3 is 0 Å². The normalized spacial score (nSPS) is 21.4. The van der Waals surface area contributed by atoms with Gasteiger partial charge in [-0.05, 0) is 25.7 Å². The molecular weight excluding hydrogens is 516 g/mol. The molecule has 12 nitrogen and oxygen atoms in total. The van der Waals surface area contributed by atoms with Gasteiger partial charge in [0.05, 0.1) is 52.9 Å². The van der Waals surface area contributed by atoms with Gasteiger partial charge in [-0.3, -0.25) is 0 Å². The van der Waals surface area contributed by atoms with Crippen LogP contribution in [0, 0.1) is 10.8 Å². The number of aliphatic hydroxyl groups is 2. The van der Waals surface area contributed by atoms with Crippen molar-refractivity contribution in [1.82, 2.24) is 19.9 Å². The minimum Gasteiger partial charge on any atom is -0.477 e. The summed E-state index contributed by atoms with van der Waals surface area (Å²) in [5, 5.41) is 18.9. The Morgan fingerprint density at radius 1 is 0.675 bits per heavy atom. The van der Waals surface area contributed by atoms with Crippen molar-refractivity contribution in [3.05, 3.63) is 24.5 Å². The fraction of sp³-hybridized carbons (Fsp3) is 0.714. The molecular formula is C28H42N6O6. The van der Waals surface area contributed by atoms with Gasteiger partial charge in [-0.15, -0.1) is 0 Å². The Morgan fingerprint density at radius 2 is 1.07 bits per heavy atom. The summed E-state index contributed by atoms with van der Waals surface area (Å²) < 4.78 is 22.2. The standard InChI is InChI=1S/2C14H21N3O3/c2*18-10-14(3-1-4-14)11-20-12-2-5-15-13(16-12)17-6-8-19-9-7-17/h2*2,5,18H,1,3-4,6-11H2. The Morgan fingerprint density at radius 3 is 1.40 bits per heavy atom. The molecule has 2 aromatic heterocycles. The molecule has 6 rings (SSSR count). The van der Waals surface area contributed by atoms with E-state index in [-0.39, 0.29) is 24.0 Å². The number of hydrogen-bond acceptors (Lipinski definition) is 12. The van der Waals surface area contributed by atoms with Crippen LogP contribution in [0.15, 0.2) is 24.5 Å². The van der Waals surface area contributed by atoms with Gasteiger partial charge in [-0.2, -0.15) is 9.97 Å². The SMILES string of the molecule is OCC1(COc2ccnc(N3CCOCC3)n2)CCC1.OCC1(COc2ccnc(N3CCOCC3)n2)CCC1. The van der Waals surface area contributed by atoms with Crippen molar-refractivity contribution >= 4 is 11.9 Å². The molecule has 12 heteroatoms. The molecule has 0 atom stereocenters. The van der Waals surface area contributed by atoms with E-state index in [1.165, 1.54) is 12.8 Å². The predicted octanol–water partition coefficient (Wildman–Crippen LogP) is 1.71. The minimum absolute atomic E-state index is 0.0515. The second-order valence-electron chi connectivity index (χ2n) is 11.2. The van der Waals surface area contributed by atoms with E-state index >= 15 is 0 Å². The highest BCUT2D eigenvalue weighted by atomic mass is 16.5. The van der Waals surface area contributed by atoms with Crippen LogP contribution < -0.4 is 19.3 Å². The molecule has 2 aliphatic carbocycles. The zero-order valence-electron chi connectivity index (χ0n) is 23.2. The fourth-order valence-corrected chi connectivity index (χ4v) is 5.16. The van der Waals surface area contributed by atoms with Crippen LogP contribution in [0.25, 0.3) is 0 Å². The number of morpholine rings is 2. The second-order valence-corrected chi connectivity index (χ2v) is 11.2. The van der Waals surface area contributed by atoms with E-state index < -0.39 is 0 Å². The summed E-state index contributed by atoms with van der Waals surface area (Å²) in [6, 6.07) is 3.54. The number of nitrogens with zero attached hydrogens (tertiary/aromatic N) is 6. The summed E-state index contributed by atoms with van der Waals surface area (Å²) in [7, 11) is 0. The highest BCUT2D eigenvalue weighted by Crippen LogP contribution is 2.41. The Kier molecular flexibility index (Phi) is 9.84. The van der Waals surface area contributed by atoms with E-state index in [4.69, 9.17) is 18.9 Å². The van der Waals surface area contributed by atoms with E-state index in [0.717, 1.165) is 51.9 Å². The molecule has 40 heavy (non-hydrogen) atoms. The molecule has 4 fully saturated rings. The molecule has 0 aromatic carbocycles. The molecule has 0 bridgehead atoms. The fourth-order valence-electron chi connectivity index (χ4n) is 5.16. The Labute approximate surface area is 235 Å². The molecule has 0 amide bonds. The Hall–Kier alpha value is -2.80. The zero-order valence-corrected chi connectivity index (χ0v) is 23.2. The number of rotatable bonds is 10. The van der Waals surface area contributed by atoms with E-state index in [1.54, 1.807) is 24.5 Å². The third-order valence-corrected chi connectivity index (χ3v) is 8.37. The highest BCUT2D eigenvalue weighted by molar-refractivity contribution is 5.33. The van der Waals surface area contributed by atoms with Crippen LogP contribution in [0.5, 0.6) is 11.8 Å². The maximum absolute atomic E-state index is 9.44. The average Bonchev–Trinajstić information content (AvgIpc) is 2.98. The van der Waals surface area contributed by atoms with Crippen LogP contribution in [-0.2, 0) is 9.47 Å². The van der Waals surface area contributed by atoms with E-state index in [1.807, 2.05) is 0 Å². The maximum Gasteiger partial charge on any atom is 0.228 e. The van der Waals surface area contributed by atoms with Crippen molar-refractivity contribution in [2.24, 2.45) is 10.8 Å². The number of aromatic nitrogens is 4. The molecule has 4 heterocycles. The minimum atomic E-state index is -0.0515. The quantitative estimate of drug-likeness (QED) is 0.439. The number of anilines is 2. The third kappa shape index (κ3) is 7.28. The lowest BCUT2D eigenvalue weighted by atomic mass is 9.70. The first-order valence-corrected chi connectivity index (χ1v) is 14.4. The van der Waals surface area contributed by atoms with Crippen LogP contribution in [-0.4, -0.2) is 109 Å². The molecule has 0 radical (unpaired) electrons. The first-order valence-electron chi connectivity index (χ1n) is 14.4. The van der Waals surface area contributed by atoms with E-state index in [0.29, 0.717) is 63.3 Å². The third-order valence-electron chi connectivity index (χ3n) is 8.37. The molecule has 0 spiro atoms. The first-order chi connectivity index (χ1) is 19.6. The van der Waals surface area contributed by atoms with Gasteiger partial charge in [0, 0.05) is 61.5 Å². The van der Waals surface area contributed by atoms with Crippen LogP contribution in [0.1, 0.15) is 38.5 Å². The summed E-state index contributed by atoms with van der Waals surface area (Å²) in [6.07, 6.45) is 9.92. The van der Waals surface area contributed by atoms with Gasteiger partial charge < -0.3 is 39.0 Å².